The Morgan fingerprint density at radius 1 is 0.971 bits per heavy atom. The fraction of sp³-hybridized carbons (Fsp3) is 0.222. The van der Waals surface area contributed by atoms with E-state index in [1.54, 1.807) is 23.1 Å². The molecular weight excluding hydrogens is 443 g/mol. The van der Waals surface area contributed by atoms with Crippen molar-refractivity contribution in [2.45, 2.75) is 18.6 Å². The summed E-state index contributed by atoms with van der Waals surface area (Å²) < 4.78 is 51.3. The highest BCUT2D eigenvalue weighted by atomic mass is 19.4. The van der Waals surface area contributed by atoms with Gasteiger partial charge < -0.3 is 14.4 Å². The second-order valence-corrected chi connectivity index (χ2v) is 7.96. The van der Waals surface area contributed by atoms with Gasteiger partial charge in [0.2, 0.25) is 5.91 Å². The number of carbonyl (C=O) groups is 1. The van der Waals surface area contributed by atoms with Crippen molar-refractivity contribution in [1.82, 2.24) is 4.90 Å². The van der Waals surface area contributed by atoms with E-state index in [1.165, 1.54) is 26.4 Å². The minimum Gasteiger partial charge on any atom is -0.493 e. The molecule has 34 heavy (non-hydrogen) atoms. The van der Waals surface area contributed by atoms with Crippen molar-refractivity contribution >= 4 is 12.0 Å². The fourth-order valence-electron chi connectivity index (χ4n) is 4.26. The highest BCUT2D eigenvalue weighted by Crippen LogP contribution is 2.42. The molecule has 1 heterocycles. The van der Waals surface area contributed by atoms with Gasteiger partial charge in [-0.25, -0.2) is 0 Å². The van der Waals surface area contributed by atoms with E-state index in [9.17, 15) is 18.0 Å². The molecule has 1 aliphatic rings. The first kappa shape index (κ1) is 23.4. The molecule has 176 valence electrons. The maximum absolute atomic E-state index is 13.5. The lowest BCUT2D eigenvalue weighted by molar-refractivity contribution is -0.137. The van der Waals surface area contributed by atoms with Crippen LogP contribution in [0.2, 0.25) is 0 Å². The number of halogens is 3. The summed E-state index contributed by atoms with van der Waals surface area (Å²) in [5.74, 6) is 0.701. The summed E-state index contributed by atoms with van der Waals surface area (Å²) in [6, 6.07) is 17.4. The van der Waals surface area contributed by atoms with Crippen LogP contribution in [0.15, 0.2) is 72.8 Å². The summed E-state index contributed by atoms with van der Waals surface area (Å²) in [7, 11) is 3.03. The zero-order valence-corrected chi connectivity index (χ0v) is 18.8. The summed E-state index contributed by atoms with van der Waals surface area (Å²) in [6.07, 6.45) is -0.791. The van der Waals surface area contributed by atoms with Gasteiger partial charge in [0.1, 0.15) is 0 Å². The Morgan fingerprint density at radius 2 is 1.68 bits per heavy atom. The van der Waals surface area contributed by atoms with Gasteiger partial charge in [-0.05, 0) is 59.0 Å². The van der Waals surface area contributed by atoms with Crippen LogP contribution >= 0.6 is 0 Å². The van der Waals surface area contributed by atoms with Gasteiger partial charge in [-0.1, -0.05) is 42.5 Å². The first-order chi connectivity index (χ1) is 16.3. The van der Waals surface area contributed by atoms with Crippen LogP contribution < -0.4 is 9.47 Å². The van der Waals surface area contributed by atoms with Gasteiger partial charge in [0.05, 0.1) is 25.8 Å². The Morgan fingerprint density at radius 3 is 2.35 bits per heavy atom. The lowest BCUT2D eigenvalue weighted by Crippen LogP contribution is -2.39. The Labute approximate surface area is 196 Å². The van der Waals surface area contributed by atoms with Crippen LogP contribution in [0.1, 0.15) is 33.9 Å². The van der Waals surface area contributed by atoms with Crippen LogP contribution in [0.5, 0.6) is 11.5 Å². The quantitative estimate of drug-likeness (QED) is 0.438. The smallest absolute Gasteiger partial charge is 0.416 e. The third-order valence-corrected chi connectivity index (χ3v) is 5.90. The van der Waals surface area contributed by atoms with Crippen LogP contribution in [0.4, 0.5) is 13.2 Å². The van der Waals surface area contributed by atoms with Gasteiger partial charge >= 0.3 is 6.18 Å². The number of amides is 1. The lowest BCUT2D eigenvalue weighted by Gasteiger charge is -2.38. The summed E-state index contributed by atoms with van der Waals surface area (Å²) in [5, 5.41) is 0. The minimum atomic E-state index is -4.49. The minimum absolute atomic E-state index is 0.285. The summed E-state index contributed by atoms with van der Waals surface area (Å²) in [4.78, 5) is 14.9. The molecule has 0 aromatic heterocycles. The van der Waals surface area contributed by atoms with Crippen molar-refractivity contribution < 1.29 is 27.4 Å². The number of hydrogen-bond acceptors (Lipinski definition) is 3. The molecule has 0 saturated heterocycles. The van der Waals surface area contributed by atoms with Crippen molar-refractivity contribution in [3.05, 3.63) is 101 Å². The number of carbonyl (C=O) groups excluding carboxylic acids is 1. The van der Waals surface area contributed by atoms with Gasteiger partial charge in [0.15, 0.2) is 11.5 Å². The summed E-state index contributed by atoms with van der Waals surface area (Å²) in [5.41, 5.74) is 2.09. The van der Waals surface area contributed by atoms with Crippen LogP contribution in [0.3, 0.4) is 0 Å². The number of fused-ring (bicyclic) bond motifs is 1. The molecule has 0 spiro atoms. The second kappa shape index (κ2) is 9.63. The molecular formula is C27H24F3NO3. The number of benzene rings is 3. The molecule has 0 saturated carbocycles. The van der Waals surface area contributed by atoms with Crippen molar-refractivity contribution in [3.63, 3.8) is 0 Å². The molecule has 1 amide bonds. The molecule has 0 fully saturated rings. The summed E-state index contributed by atoms with van der Waals surface area (Å²) >= 11 is 0. The van der Waals surface area contributed by atoms with Crippen LogP contribution in [0, 0.1) is 0 Å². The molecule has 4 nitrogen and oxygen atoms in total. The van der Waals surface area contributed by atoms with E-state index < -0.39 is 17.8 Å². The van der Waals surface area contributed by atoms with Gasteiger partial charge in [0.25, 0.3) is 0 Å². The largest absolute Gasteiger partial charge is 0.493 e. The van der Waals surface area contributed by atoms with Crippen LogP contribution in [-0.4, -0.2) is 31.6 Å². The Bertz CT molecular complexity index is 1210. The maximum Gasteiger partial charge on any atom is 0.416 e. The molecule has 0 N–H and O–H groups in total. The average molecular weight is 467 g/mol. The molecule has 4 rings (SSSR count). The number of hydrogen-bond donors (Lipinski definition) is 0. The molecule has 1 atom stereocenters. The Hall–Kier alpha value is -3.74. The second-order valence-electron chi connectivity index (χ2n) is 7.96. The highest BCUT2D eigenvalue weighted by molar-refractivity contribution is 5.92. The predicted molar refractivity (Wildman–Crippen MR) is 124 cm³/mol. The van der Waals surface area contributed by atoms with E-state index in [0.29, 0.717) is 35.6 Å². The zero-order chi connectivity index (χ0) is 24.3. The van der Waals surface area contributed by atoms with Crippen molar-refractivity contribution in [1.29, 1.82) is 0 Å². The number of methoxy groups -OCH3 is 2. The molecule has 1 unspecified atom stereocenters. The third kappa shape index (κ3) is 4.78. The maximum atomic E-state index is 13.5. The average Bonchev–Trinajstić information content (AvgIpc) is 2.85. The first-order valence-corrected chi connectivity index (χ1v) is 10.8. The highest BCUT2D eigenvalue weighted by Gasteiger charge is 2.35. The first-order valence-electron chi connectivity index (χ1n) is 10.8. The van der Waals surface area contributed by atoms with Gasteiger partial charge in [-0.2, -0.15) is 13.2 Å². The normalized spacial score (nSPS) is 15.8. The number of nitrogens with zero attached hydrogens (tertiary/aromatic N) is 1. The number of ether oxygens (including phenoxy) is 2. The van der Waals surface area contributed by atoms with Crippen molar-refractivity contribution in [2.24, 2.45) is 0 Å². The van der Waals surface area contributed by atoms with E-state index in [4.69, 9.17) is 9.47 Å². The standard InChI is InChI=1S/C27H24F3NO3/c1-33-23-16-19-13-14-31(25(32)12-11-18-7-4-3-5-8-18)26(22(19)17-24(23)34-2)20-9-6-10-21(15-20)27(28,29)30/h3-12,15-17,26H,13-14H2,1-2H3/b12-11+. The van der Waals surface area contributed by atoms with Gasteiger partial charge in [-0.15, -0.1) is 0 Å². The molecule has 0 bridgehead atoms. The van der Waals surface area contributed by atoms with Crippen molar-refractivity contribution in [3.8, 4) is 11.5 Å². The Kier molecular flexibility index (Phi) is 6.63. The fourth-order valence-corrected chi connectivity index (χ4v) is 4.26. The van der Waals surface area contributed by atoms with Crippen LogP contribution in [0.25, 0.3) is 6.08 Å². The molecule has 3 aromatic rings. The van der Waals surface area contributed by atoms with E-state index in [0.717, 1.165) is 23.3 Å². The SMILES string of the molecule is COc1cc2c(cc1OC)C(c1cccc(C(F)(F)F)c1)N(C(=O)/C=C/c1ccccc1)CC2. The molecule has 1 aliphatic heterocycles. The monoisotopic (exact) mass is 467 g/mol. The third-order valence-electron chi connectivity index (χ3n) is 5.90. The van der Waals surface area contributed by atoms with Gasteiger partial charge in [-0.3, -0.25) is 4.79 Å². The zero-order valence-electron chi connectivity index (χ0n) is 18.8. The molecule has 0 aliphatic carbocycles. The number of rotatable bonds is 5. The molecule has 3 aromatic carbocycles. The predicted octanol–water partition coefficient (Wildman–Crippen LogP) is 5.91. The van der Waals surface area contributed by atoms with E-state index in [-0.39, 0.29) is 5.91 Å². The Balaban J connectivity index is 1.81. The van der Waals surface area contributed by atoms with E-state index >= 15 is 0 Å². The molecule has 7 heteroatoms. The summed E-state index contributed by atoms with van der Waals surface area (Å²) in [6.45, 7) is 0.349. The molecule has 0 radical (unpaired) electrons. The lowest BCUT2D eigenvalue weighted by atomic mass is 9.87. The topological polar surface area (TPSA) is 38.8 Å². The van der Waals surface area contributed by atoms with Gasteiger partial charge in [0, 0.05) is 12.6 Å². The number of alkyl halides is 3. The van der Waals surface area contributed by atoms with Crippen LogP contribution in [-0.2, 0) is 17.4 Å². The van der Waals surface area contributed by atoms with Crippen molar-refractivity contribution in [2.75, 3.05) is 20.8 Å². The van der Waals surface area contributed by atoms with E-state index in [2.05, 4.69) is 0 Å². The van der Waals surface area contributed by atoms with E-state index in [1.807, 2.05) is 36.4 Å².